The van der Waals surface area contributed by atoms with Gasteiger partial charge in [0.25, 0.3) is 0 Å². The largest absolute Gasteiger partial charge is 0.381 e. The summed E-state index contributed by atoms with van der Waals surface area (Å²) in [7, 11) is 0. The summed E-state index contributed by atoms with van der Waals surface area (Å²) in [6, 6.07) is 0. The Morgan fingerprint density at radius 3 is 2.22 bits per heavy atom. The van der Waals surface area contributed by atoms with E-state index in [1.54, 1.807) is 6.08 Å². The van der Waals surface area contributed by atoms with E-state index in [0.717, 1.165) is 5.57 Å². The third-order valence-corrected chi connectivity index (χ3v) is 4.48. The summed E-state index contributed by atoms with van der Waals surface area (Å²) < 4.78 is 12.0. The monoisotopic (exact) mass is 252 g/mol. The van der Waals surface area contributed by atoms with Crippen molar-refractivity contribution in [2.24, 2.45) is 5.41 Å². The molecule has 18 heavy (non-hydrogen) atoms. The average Bonchev–Trinajstić information content (AvgIpc) is 2.49. The molecular formula is C15H24O3. The first kappa shape index (κ1) is 13.8. The van der Waals surface area contributed by atoms with E-state index in [0.29, 0.717) is 6.42 Å². The van der Waals surface area contributed by atoms with E-state index in [1.807, 2.05) is 40.7 Å². The highest BCUT2D eigenvalue weighted by Crippen LogP contribution is 2.52. The van der Waals surface area contributed by atoms with Gasteiger partial charge in [0.15, 0.2) is 5.79 Å². The molecule has 0 bridgehead atoms. The Morgan fingerprint density at radius 2 is 1.83 bits per heavy atom. The van der Waals surface area contributed by atoms with Gasteiger partial charge >= 0.3 is 0 Å². The van der Waals surface area contributed by atoms with Gasteiger partial charge in [0, 0.05) is 11.8 Å². The molecule has 1 spiro atoms. The lowest BCUT2D eigenvalue weighted by Crippen LogP contribution is -2.53. The quantitative estimate of drug-likeness (QED) is 0.729. The number of rotatable bonds is 1. The van der Waals surface area contributed by atoms with Crippen LogP contribution in [0.4, 0.5) is 0 Å². The van der Waals surface area contributed by atoms with Crippen molar-refractivity contribution in [1.29, 1.82) is 0 Å². The van der Waals surface area contributed by atoms with E-state index in [1.165, 1.54) is 0 Å². The summed E-state index contributed by atoms with van der Waals surface area (Å²) in [5.74, 6) is -0.693. The molecule has 1 saturated heterocycles. The molecule has 0 aromatic heterocycles. The molecule has 3 atom stereocenters. The Hall–Kier alpha value is -0.640. The van der Waals surface area contributed by atoms with E-state index in [-0.39, 0.29) is 17.6 Å². The van der Waals surface area contributed by atoms with E-state index >= 15 is 0 Å². The molecule has 0 saturated carbocycles. The van der Waals surface area contributed by atoms with Crippen LogP contribution in [0.1, 0.15) is 41.0 Å². The summed E-state index contributed by atoms with van der Waals surface area (Å²) in [6.07, 6.45) is 4.29. The molecule has 0 aromatic carbocycles. The normalized spacial score (nSPS) is 47.1. The predicted molar refractivity (Wildman–Crippen MR) is 71.1 cm³/mol. The lowest BCUT2D eigenvalue weighted by Gasteiger charge is -2.49. The molecule has 1 aliphatic carbocycles. The van der Waals surface area contributed by atoms with Gasteiger partial charge in [-0.05, 0) is 32.4 Å². The molecule has 2 aliphatic rings. The minimum Gasteiger partial charge on any atom is -0.381 e. The van der Waals surface area contributed by atoms with Crippen LogP contribution in [0.3, 0.4) is 0 Å². The fourth-order valence-corrected chi connectivity index (χ4v) is 3.21. The fraction of sp³-hybridized carbons (Fsp3) is 0.733. The minimum absolute atomic E-state index is 0.0692. The van der Waals surface area contributed by atoms with Crippen molar-refractivity contribution in [2.45, 2.75) is 64.6 Å². The lowest BCUT2D eigenvalue weighted by molar-refractivity contribution is -0.183. The zero-order valence-electron chi connectivity index (χ0n) is 12.0. The van der Waals surface area contributed by atoms with Crippen molar-refractivity contribution in [3.05, 3.63) is 24.3 Å². The lowest BCUT2D eigenvalue weighted by atomic mass is 9.63. The zero-order valence-corrected chi connectivity index (χ0v) is 12.0. The average molecular weight is 252 g/mol. The van der Waals surface area contributed by atoms with Gasteiger partial charge in [0.2, 0.25) is 0 Å². The van der Waals surface area contributed by atoms with Gasteiger partial charge < -0.3 is 14.6 Å². The van der Waals surface area contributed by atoms with Crippen LogP contribution < -0.4 is 0 Å². The maximum atomic E-state index is 10.8. The van der Waals surface area contributed by atoms with Crippen molar-refractivity contribution >= 4 is 0 Å². The van der Waals surface area contributed by atoms with Gasteiger partial charge in [-0.2, -0.15) is 0 Å². The molecule has 3 unspecified atom stereocenters. The van der Waals surface area contributed by atoms with Crippen molar-refractivity contribution < 1.29 is 14.6 Å². The van der Waals surface area contributed by atoms with Crippen LogP contribution in [0.2, 0.25) is 0 Å². The Kier molecular flexibility index (Phi) is 3.01. The molecule has 1 heterocycles. The van der Waals surface area contributed by atoms with E-state index in [2.05, 4.69) is 6.58 Å². The first-order valence-corrected chi connectivity index (χ1v) is 6.57. The van der Waals surface area contributed by atoms with Crippen LogP contribution in [0.25, 0.3) is 0 Å². The summed E-state index contributed by atoms with van der Waals surface area (Å²) >= 11 is 0. The molecule has 0 amide bonds. The highest BCUT2D eigenvalue weighted by atomic mass is 16.8. The second-order valence-electron chi connectivity index (χ2n) is 6.32. The molecule has 1 fully saturated rings. The number of hydrogen-bond acceptors (Lipinski definition) is 3. The van der Waals surface area contributed by atoms with E-state index in [9.17, 15) is 5.11 Å². The van der Waals surface area contributed by atoms with E-state index in [4.69, 9.17) is 9.47 Å². The zero-order chi connectivity index (χ0) is 13.8. The van der Waals surface area contributed by atoms with Gasteiger partial charge in [-0.25, -0.2) is 0 Å². The van der Waals surface area contributed by atoms with Crippen LogP contribution in [-0.2, 0) is 9.47 Å². The maximum Gasteiger partial charge on any atom is 0.189 e. The molecule has 3 nitrogen and oxygen atoms in total. The number of aliphatic hydroxyl groups is 1. The van der Waals surface area contributed by atoms with Crippen LogP contribution in [0.5, 0.6) is 0 Å². The van der Waals surface area contributed by atoms with Crippen LogP contribution in [0.15, 0.2) is 24.3 Å². The van der Waals surface area contributed by atoms with Gasteiger partial charge in [-0.1, -0.05) is 26.5 Å². The summed E-state index contributed by atoms with van der Waals surface area (Å²) in [6.45, 7) is 13.8. The van der Waals surface area contributed by atoms with Gasteiger partial charge in [0.1, 0.15) is 5.60 Å². The molecule has 2 rings (SSSR count). The number of ether oxygens (including phenoxy) is 2. The second-order valence-corrected chi connectivity index (χ2v) is 6.32. The van der Waals surface area contributed by atoms with Gasteiger partial charge in [0.05, 0.1) is 12.2 Å². The van der Waals surface area contributed by atoms with Crippen LogP contribution in [0, 0.1) is 5.41 Å². The molecular weight excluding hydrogens is 228 g/mol. The third kappa shape index (κ3) is 1.77. The van der Waals surface area contributed by atoms with Crippen LogP contribution in [-0.4, -0.2) is 28.7 Å². The van der Waals surface area contributed by atoms with Gasteiger partial charge in [-0.3, -0.25) is 0 Å². The fourth-order valence-electron chi connectivity index (χ4n) is 3.21. The van der Waals surface area contributed by atoms with Crippen LogP contribution >= 0.6 is 0 Å². The topological polar surface area (TPSA) is 38.7 Å². The van der Waals surface area contributed by atoms with Crippen molar-refractivity contribution in [3.63, 3.8) is 0 Å². The summed E-state index contributed by atoms with van der Waals surface area (Å²) in [5.41, 5.74) is -0.535. The smallest absolute Gasteiger partial charge is 0.189 e. The van der Waals surface area contributed by atoms with Crippen molar-refractivity contribution in [2.75, 3.05) is 0 Å². The minimum atomic E-state index is -1.000. The molecule has 3 heteroatoms. The predicted octanol–water partition coefficient (Wildman–Crippen LogP) is 2.80. The molecule has 102 valence electrons. The summed E-state index contributed by atoms with van der Waals surface area (Å²) in [4.78, 5) is 0. The maximum absolute atomic E-state index is 10.8. The van der Waals surface area contributed by atoms with Gasteiger partial charge in [-0.15, -0.1) is 0 Å². The first-order valence-electron chi connectivity index (χ1n) is 6.57. The second kappa shape index (κ2) is 3.92. The Labute approximate surface area is 109 Å². The van der Waals surface area contributed by atoms with Crippen molar-refractivity contribution in [1.82, 2.24) is 0 Å². The third-order valence-electron chi connectivity index (χ3n) is 4.48. The van der Waals surface area contributed by atoms with E-state index < -0.39 is 11.4 Å². The molecule has 0 aromatic rings. The summed E-state index contributed by atoms with van der Waals surface area (Å²) in [5, 5.41) is 10.8. The Bertz CT molecular complexity index is 387. The first-order chi connectivity index (χ1) is 8.16. The molecule has 1 N–H and O–H groups in total. The Balaban J connectivity index is 2.44. The number of hydrogen-bond donors (Lipinski definition) is 1. The SMILES string of the molecule is C=CC1(O)C(C)=CC2(CC1(C)C)OC(C)C(C)O2. The van der Waals surface area contributed by atoms with Crippen molar-refractivity contribution in [3.8, 4) is 0 Å². The molecule has 1 aliphatic heterocycles. The highest BCUT2D eigenvalue weighted by Gasteiger charge is 2.56. The standard InChI is InChI=1S/C15H24O3/c1-7-15(16)10(2)8-14(9-13(15,5)6)17-11(3)12(4)18-14/h7-8,11-12,16H,1,9H2,2-6H3. The Morgan fingerprint density at radius 1 is 1.33 bits per heavy atom. The molecule has 0 radical (unpaired) electrons. The highest BCUT2D eigenvalue weighted by molar-refractivity contribution is 5.33.